The first-order chi connectivity index (χ1) is 16.3. The molecule has 0 spiro atoms. The second kappa shape index (κ2) is 12.3. The number of imidazole rings is 1. The van der Waals surface area contributed by atoms with E-state index in [9.17, 15) is 18.0 Å². The number of aromatic nitrogens is 2. The van der Waals surface area contributed by atoms with Crippen LogP contribution in [0.1, 0.15) is 33.6 Å². The average Bonchev–Trinajstić information content (AvgIpc) is 3.34. The summed E-state index contributed by atoms with van der Waals surface area (Å²) in [4.78, 5) is 25.4. The molecule has 0 saturated heterocycles. The first-order valence-electron chi connectivity index (χ1n) is 10.7. The molecule has 34 heavy (non-hydrogen) atoms. The van der Waals surface area contributed by atoms with Crippen LogP contribution in [-0.4, -0.2) is 45.6 Å². The van der Waals surface area contributed by atoms with Crippen molar-refractivity contribution in [3.05, 3.63) is 89.5 Å². The molecule has 0 aliphatic carbocycles. The monoisotopic (exact) mass is 489 g/mol. The lowest BCUT2D eigenvalue weighted by molar-refractivity contribution is -0.137. The van der Waals surface area contributed by atoms with Crippen LogP contribution in [0, 0.1) is 0 Å². The molecule has 180 valence electrons. The Bertz CT molecular complexity index is 1070. The molecule has 0 atom stereocenters. The molecule has 2 aromatic carbocycles. The lowest BCUT2D eigenvalue weighted by atomic mass is 10.1. The normalized spacial score (nSPS) is 12.0. The van der Waals surface area contributed by atoms with E-state index in [1.54, 1.807) is 42.9 Å². The molecule has 1 heterocycles. The largest absolute Gasteiger partial charge is 0.416 e. The Morgan fingerprint density at radius 2 is 1.91 bits per heavy atom. The fourth-order valence-electron chi connectivity index (χ4n) is 3.24. The minimum Gasteiger partial charge on any atom is -0.369 e. The third-order valence-corrected chi connectivity index (χ3v) is 6.03. The third kappa shape index (κ3) is 7.95. The number of nitrogens with two attached hydrogens (primary N) is 1. The van der Waals surface area contributed by atoms with Crippen LogP contribution in [0.2, 0.25) is 0 Å². The second-order valence-corrected chi connectivity index (χ2v) is 8.66. The quantitative estimate of drug-likeness (QED) is 0.244. The van der Waals surface area contributed by atoms with Crippen LogP contribution in [0.4, 0.5) is 13.2 Å². The van der Waals surface area contributed by atoms with Gasteiger partial charge in [0.2, 0.25) is 0 Å². The number of hydrogen-bond acceptors (Lipinski definition) is 3. The predicted octanol–water partition coefficient (Wildman–Crippen LogP) is 4.75. The van der Waals surface area contributed by atoms with E-state index in [0.717, 1.165) is 24.6 Å². The predicted molar refractivity (Wildman–Crippen MR) is 128 cm³/mol. The molecule has 3 rings (SSSR count). The van der Waals surface area contributed by atoms with Gasteiger partial charge in [-0.25, -0.2) is 4.98 Å². The highest BCUT2D eigenvalue weighted by Crippen LogP contribution is 2.30. The van der Waals surface area contributed by atoms with Gasteiger partial charge in [-0.15, -0.1) is 0 Å². The number of halogens is 3. The van der Waals surface area contributed by atoms with E-state index in [2.05, 4.69) is 15.0 Å². The number of thioether (sulfide) groups is 1. The Kier molecular flexibility index (Phi) is 9.15. The van der Waals surface area contributed by atoms with E-state index < -0.39 is 17.6 Å². The summed E-state index contributed by atoms with van der Waals surface area (Å²) in [6, 6.07) is 14.0. The van der Waals surface area contributed by atoms with Gasteiger partial charge in [0.15, 0.2) is 5.96 Å². The van der Waals surface area contributed by atoms with E-state index in [4.69, 9.17) is 5.73 Å². The smallest absolute Gasteiger partial charge is 0.369 e. The van der Waals surface area contributed by atoms with E-state index in [1.807, 2.05) is 11.0 Å². The molecule has 0 unspecified atom stereocenters. The number of benzene rings is 2. The summed E-state index contributed by atoms with van der Waals surface area (Å²) >= 11 is 1.50. The third-order valence-electron chi connectivity index (χ3n) is 5.02. The Labute approximate surface area is 200 Å². The highest BCUT2D eigenvalue weighted by Gasteiger charge is 2.30. The number of rotatable bonds is 10. The molecule has 3 aromatic rings. The van der Waals surface area contributed by atoms with Gasteiger partial charge in [-0.3, -0.25) is 4.79 Å². The van der Waals surface area contributed by atoms with E-state index in [0.29, 0.717) is 35.7 Å². The maximum Gasteiger partial charge on any atom is 0.416 e. The topological polar surface area (TPSA) is 87.4 Å². The number of carbonyl (C=O) groups excluding carboxylic acids is 1. The number of amides is 1. The van der Waals surface area contributed by atoms with Crippen molar-refractivity contribution in [2.75, 3.05) is 18.8 Å². The first kappa shape index (κ1) is 25.4. The van der Waals surface area contributed by atoms with Gasteiger partial charge in [0.25, 0.3) is 5.91 Å². The molecule has 0 aliphatic rings. The van der Waals surface area contributed by atoms with E-state index in [1.165, 1.54) is 23.9 Å². The summed E-state index contributed by atoms with van der Waals surface area (Å²) in [5.74, 6) is 0.744. The zero-order valence-corrected chi connectivity index (χ0v) is 19.3. The molecule has 0 fully saturated rings. The summed E-state index contributed by atoms with van der Waals surface area (Å²) in [5.41, 5.74) is 7.57. The average molecular weight is 490 g/mol. The highest BCUT2D eigenvalue weighted by molar-refractivity contribution is 7.98. The maximum absolute atomic E-state index is 12.9. The number of alkyl halides is 3. The number of guanidine groups is 1. The molecule has 1 aromatic heterocycles. The number of hydrogen-bond donors (Lipinski definition) is 2. The van der Waals surface area contributed by atoms with Gasteiger partial charge in [-0.1, -0.05) is 36.4 Å². The molecule has 10 heteroatoms. The van der Waals surface area contributed by atoms with Crippen molar-refractivity contribution in [2.45, 2.75) is 24.8 Å². The summed E-state index contributed by atoms with van der Waals surface area (Å²) in [6.45, 7) is 1.07. The molecule has 0 radical (unpaired) electrons. The van der Waals surface area contributed by atoms with Gasteiger partial charge < -0.3 is 15.6 Å². The van der Waals surface area contributed by atoms with Crippen LogP contribution >= 0.6 is 11.8 Å². The first-order valence-corrected chi connectivity index (χ1v) is 11.9. The Morgan fingerprint density at radius 1 is 1.12 bits per heavy atom. The zero-order valence-electron chi connectivity index (χ0n) is 18.5. The van der Waals surface area contributed by atoms with Gasteiger partial charge in [-0.05, 0) is 36.6 Å². The van der Waals surface area contributed by atoms with Crippen LogP contribution in [0.5, 0.6) is 0 Å². The van der Waals surface area contributed by atoms with Gasteiger partial charge in [0.05, 0.1) is 11.9 Å². The second-order valence-electron chi connectivity index (χ2n) is 7.56. The standard InChI is InChI=1S/C24H26F3N5OS/c25-24(26,27)20-9-4-6-18(14-20)16-34-13-12-32(11-5-10-21-15-29-17-30-21)23(28)31-22(33)19-7-2-1-3-8-19/h1-4,6-9,14-15,17H,5,10-13,16H2,(H,29,30)(H2,28,31,33). The molecule has 6 nitrogen and oxygen atoms in total. The van der Waals surface area contributed by atoms with Gasteiger partial charge in [0, 0.05) is 42.0 Å². The summed E-state index contributed by atoms with van der Waals surface area (Å²) < 4.78 is 38.8. The van der Waals surface area contributed by atoms with Crippen LogP contribution in [-0.2, 0) is 18.3 Å². The van der Waals surface area contributed by atoms with Gasteiger partial charge in [-0.2, -0.15) is 29.9 Å². The van der Waals surface area contributed by atoms with Crippen LogP contribution in [0.25, 0.3) is 0 Å². The molecular formula is C24H26F3N5OS. The van der Waals surface area contributed by atoms with Crippen molar-refractivity contribution in [3.8, 4) is 0 Å². The van der Waals surface area contributed by atoms with Crippen molar-refractivity contribution < 1.29 is 18.0 Å². The maximum atomic E-state index is 12.9. The van der Waals surface area contributed by atoms with E-state index in [-0.39, 0.29) is 5.96 Å². The Hall–Kier alpha value is -3.27. The van der Waals surface area contributed by atoms with Crippen LogP contribution < -0.4 is 5.73 Å². The van der Waals surface area contributed by atoms with Crippen molar-refractivity contribution in [1.29, 1.82) is 0 Å². The molecule has 1 amide bonds. The van der Waals surface area contributed by atoms with Crippen LogP contribution in [0.15, 0.2) is 72.1 Å². The number of aryl methyl sites for hydroxylation is 1. The summed E-state index contributed by atoms with van der Waals surface area (Å²) in [7, 11) is 0. The van der Waals surface area contributed by atoms with E-state index >= 15 is 0 Å². The van der Waals surface area contributed by atoms with Crippen molar-refractivity contribution in [1.82, 2.24) is 14.9 Å². The molecular weight excluding hydrogens is 463 g/mol. The number of carbonyl (C=O) groups is 1. The number of nitrogens with one attached hydrogen (secondary N) is 1. The number of H-pyrrole nitrogens is 1. The van der Waals surface area contributed by atoms with Crippen molar-refractivity contribution in [3.63, 3.8) is 0 Å². The fourth-order valence-corrected chi connectivity index (χ4v) is 4.15. The highest BCUT2D eigenvalue weighted by atomic mass is 32.2. The molecule has 0 saturated carbocycles. The van der Waals surface area contributed by atoms with Crippen molar-refractivity contribution in [2.24, 2.45) is 10.7 Å². The fraction of sp³-hybridized carbons (Fsp3) is 0.292. The lowest BCUT2D eigenvalue weighted by Crippen LogP contribution is -2.40. The number of aliphatic imine (C=N–C) groups is 1. The van der Waals surface area contributed by atoms with Gasteiger partial charge in [0.1, 0.15) is 0 Å². The summed E-state index contributed by atoms with van der Waals surface area (Å²) in [6.07, 6.45) is 0.532. The summed E-state index contributed by atoms with van der Waals surface area (Å²) in [5, 5.41) is 0. The Morgan fingerprint density at radius 3 is 2.62 bits per heavy atom. The SMILES string of the molecule is NC(=NC(=O)c1ccccc1)N(CCCc1cnc[nH]1)CCSCc1cccc(C(F)(F)F)c1. The number of aromatic amines is 1. The lowest BCUT2D eigenvalue weighted by Gasteiger charge is -2.23. The van der Waals surface area contributed by atoms with Crippen LogP contribution in [0.3, 0.4) is 0 Å². The molecule has 3 N–H and O–H groups in total. The molecule has 0 aliphatic heterocycles. The minimum absolute atomic E-state index is 0.123. The Balaban J connectivity index is 1.58. The number of nitrogens with zero attached hydrogens (tertiary/aromatic N) is 3. The minimum atomic E-state index is -4.36. The zero-order chi connectivity index (χ0) is 24.4. The van der Waals surface area contributed by atoms with Crippen molar-refractivity contribution >= 4 is 23.6 Å². The molecule has 0 bridgehead atoms. The van der Waals surface area contributed by atoms with Gasteiger partial charge >= 0.3 is 6.18 Å².